The lowest BCUT2D eigenvalue weighted by molar-refractivity contribution is -0.132. The van der Waals surface area contributed by atoms with Crippen LogP contribution in [0.15, 0.2) is 23.3 Å². The van der Waals surface area contributed by atoms with Crippen molar-refractivity contribution in [1.29, 1.82) is 0 Å². The fourth-order valence-electron chi connectivity index (χ4n) is 1.93. The van der Waals surface area contributed by atoms with Crippen LogP contribution in [0.3, 0.4) is 0 Å². The molecule has 1 amide bonds. The van der Waals surface area contributed by atoms with Gasteiger partial charge in [0.05, 0.1) is 12.5 Å². The van der Waals surface area contributed by atoms with Gasteiger partial charge in [-0.1, -0.05) is 23.7 Å². The molecule has 0 N–H and O–H groups in total. The summed E-state index contributed by atoms with van der Waals surface area (Å²) in [5, 5.41) is 4.74. The molecule has 20 heavy (non-hydrogen) atoms. The van der Waals surface area contributed by atoms with E-state index in [0.717, 1.165) is 10.6 Å². The standard InChI is InChI=1S/C13H12ClF3N2O/c1-7-3-4-9(5-10(7)14)6-19-12(20)8(2)11(18-19)13(15,16)17/h3-5,8H,6H2,1-2H3. The van der Waals surface area contributed by atoms with Crippen LogP contribution in [0.4, 0.5) is 13.2 Å². The van der Waals surface area contributed by atoms with E-state index in [2.05, 4.69) is 5.10 Å². The van der Waals surface area contributed by atoms with Gasteiger partial charge in [-0.2, -0.15) is 18.3 Å². The average Bonchev–Trinajstić information content (AvgIpc) is 2.62. The Bertz CT molecular complexity index is 583. The van der Waals surface area contributed by atoms with E-state index in [4.69, 9.17) is 11.6 Å². The summed E-state index contributed by atoms with van der Waals surface area (Å²) in [6.07, 6.45) is -4.59. The van der Waals surface area contributed by atoms with E-state index in [1.54, 1.807) is 18.2 Å². The summed E-state index contributed by atoms with van der Waals surface area (Å²) in [6.45, 7) is 2.99. The molecule has 2 rings (SSSR count). The van der Waals surface area contributed by atoms with Crippen LogP contribution in [0.1, 0.15) is 18.1 Å². The topological polar surface area (TPSA) is 32.7 Å². The van der Waals surface area contributed by atoms with E-state index < -0.39 is 23.7 Å². The Morgan fingerprint density at radius 3 is 2.55 bits per heavy atom. The Kier molecular flexibility index (Phi) is 3.77. The first-order valence-electron chi connectivity index (χ1n) is 5.92. The minimum absolute atomic E-state index is 0.0250. The minimum atomic E-state index is -4.59. The van der Waals surface area contributed by atoms with Crippen molar-refractivity contribution in [2.75, 3.05) is 0 Å². The van der Waals surface area contributed by atoms with Gasteiger partial charge in [-0.05, 0) is 31.0 Å². The number of alkyl halides is 3. The van der Waals surface area contributed by atoms with Crippen LogP contribution in [-0.4, -0.2) is 22.8 Å². The molecule has 0 spiro atoms. The SMILES string of the molecule is Cc1ccc(CN2N=C(C(F)(F)F)C(C)C2=O)cc1Cl. The molecule has 0 fully saturated rings. The predicted molar refractivity (Wildman–Crippen MR) is 69.4 cm³/mol. The molecule has 1 aliphatic rings. The molecule has 0 radical (unpaired) electrons. The highest BCUT2D eigenvalue weighted by Gasteiger charge is 2.47. The smallest absolute Gasteiger partial charge is 0.272 e. The number of benzene rings is 1. The molecule has 1 unspecified atom stereocenters. The Labute approximate surface area is 119 Å². The summed E-state index contributed by atoms with van der Waals surface area (Å²) in [5.41, 5.74) is 0.435. The van der Waals surface area contributed by atoms with Gasteiger partial charge in [0.15, 0.2) is 5.71 Å². The van der Waals surface area contributed by atoms with Crippen molar-refractivity contribution < 1.29 is 18.0 Å². The second kappa shape index (κ2) is 5.09. The van der Waals surface area contributed by atoms with Crippen molar-refractivity contribution in [3.8, 4) is 0 Å². The zero-order valence-corrected chi connectivity index (χ0v) is 11.6. The molecule has 1 aromatic carbocycles. The number of halogens is 4. The molecule has 0 aromatic heterocycles. The predicted octanol–water partition coefficient (Wildman–Crippen LogP) is 3.55. The molecule has 1 aromatic rings. The molecule has 0 aliphatic carbocycles. The van der Waals surface area contributed by atoms with Crippen LogP contribution in [0.25, 0.3) is 0 Å². The highest BCUT2D eigenvalue weighted by molar-refractivity contribution is 6.31. The van der Waals surface area contributed by atoms with Gasteiger partial charge in [-0.3, -0.25) is 4.79 Å². The number of carbonyl (C=O) groups is 1. The van der Waals surface area contributed by atoms with E-state index in [1.807, 2.05) is 6.92 Å². The fraction of sp³-hybridized carbons (Fsp3) is 0.385. The molecule has 1 atom stereocenters. The van der Waals surface area contributed by atoms with E-state index in [0.29, 0.717) is 10.6 Å². The van der Waals surface area contributed by atoms with Crippen molar-refractivity contribution in [2.24, 2.45) is 11.0 Å². The number of carbonyl (C=O) groups excluding carboxylic acids is 1. The number of aryl methyl sites for hydroxylation is 1. The van der Waals surface area contributed by atoms with Gasteiger partial charge in [-0.25, -0.2) is 5.01 Å². The monoisotopic (exact) mass is 304 g/mol. The summed E-state index contributed by atoms with van der Waals surface area (Å²) < 4.78 is 38.0. The molecule has 0 bridgehead atoms. The van der Waals surface area contributed by atoms with Crippen LogP contribution >= 0.6 is 11.6 Å². The molecule has 1 aliphatic heterocycles. The van der Waals surface area contributed by atoms with Gasteiger partial charge in [0.25, 0.3) is 5.91 Å². The maximum atomic E-state index is 12.7. The fourth-order valence-corrected chi connectivity index (χ4v) is 2.13. The van der Waals surface area contributed by atoms with Crippen molar-refractivity contribution in [3.63, 3.8) is 0 Å². The lowest BCUT2D eigenvalue weighted by Crippen LogP contribution is -2.30. The van der Waals surface area contributed by atoms with E-state index in [9.17, 15) is 18.0 Å². The van der Waals surface area contributed by atoms with Crippen molar-refractivity contribution in [2.45, 2.75) is 26.6 Å². The van der Waals surface area contributed by atoms with Gasteiger partial charge in [0.2, 0.25) is 0 Å². The summed E-state index contributed by atoms with van der Waals surface area (Å²) in [4.78, 5) is 11.8. The molecule has 0 saturated carbocycles. The Morgan fingerprint density at radius 2 is 2.05 bits per heavy atom. The quantitative estimate of drug-likeness (QED) is 0.822. The number of amides is 1. The van der Waals surface area contributed by atoms with Gasteiger partial charge in [0, 0.05) is 5.02 Å². The van der Waals surface area contributed by atoms with Crippen LogP contribution in [0, 0.1) is 12.8 Å². The van der Waals surface area contributed by atoms with E-state index >= 15 is 0 Å². The van der Waals surface area contributed by atoms with Gasteiger partial charge >= 0.3 is 6.18 Å². The molecule has 3 nitrogen and oxygen atoms in total. The lowest BCUT2D eigenvalue weighted by Gasteiger charge is -2.13. The Hall–Kier alpha value is -1.56. The molecular weight excluding hydrogens is 293 g/mol. The zero-order chi connectivity index (χ0) is 15.1. The third-order valence-corrected chi connectivity index (χ3v) is 3.53. The molecule has 7 heteroatoms. The normalized spacial score (nSPS) is 19.5. The Balaban J connectivity index is 2.23. The second-order valence-corrected chi connectivity index (χ2v) is 5.09. The molecule has 108 valence electrons. The average molecular weight is 305 g/mol. The highest BCUT2D eigenvalue weighted by Crippen LogP contribution is 2.29. The number of rotatable bonds is 2. The summed E-state index contributed by atoms with van der Waals surface area (Å²) >= 11 is 5.95. The van der Waals surface area contributed by atoms with Crippen LogP contribution in [-0.2, 0) is 11.3 Å². The zero-order valence-electron chi connectivity index (χ0n) is 10.8. The van der Waals surface area contributed by atoms with Gasteiger partial charge in [0.1, 0.15) is 0 Å². The van der Waals surface area contributed by atoms with Gasteiger partial charge in [-0.15, -0.1) is 0 Å². The van der Waals surface area contributed by atoms with Crippen LogP contribution in [0.2, 0.25) is 5.02 Å². The second-order valence-electron chi connectivity index (χ2n) is 4.68. The van der Waals surface area contributed by atoms with E-state index in [1.165, 1.54) is 6.92 Å². The molecule has 1 heterocycles. The first-order valence-corrected chi connectivity index (χ1v) is 6.30. The maximum Gasteiger partial charge on any atom is 0.431 e. The number of hydrogen-bond donors (Lipinski definition) is 0. The number of hydrogen-bond acceptors (Lipinski definition) is 2. The molecular formula is C13H12ClF3N2O. The summed E-state index contributed by atoms with van der Waals surface area (Å²) in [5.74, 6) is -1.93. The Morgan fingerprint density at radius 1 is 1.40 bits per heavy atom. The van der Waals surface area contributed by atoms with Crippen LogP contribution in [0.5, 0.6) is 0 Å². The number of hydrazone groups is 1. The van der Waals surface area contributed by atoms with Crippen molar-refractivity contribution >= 4 is 23.2 Å². The minimum Gasteiger partial charge on any atom is -0.272 e. The third kappa shape index (κ3) is 2.80. The van der Waals surface area contributed by atoms with Crippen LogP contribution < -0.4 is 0 Å². The largest absolute Gasteiger partial charge is 0.431 e. The summed E-state index contributed by atoms with van der Waals surface area (Å²) in [7, 11) is 0. The van der Waals surface area contributed by atoms with Gasteiger partial charge < -0.3 is 0 Å². The third-order valence-electron chi connectivity index (χ3n) is 3.12. The summed E-state index contributed by atoms with van der Waals surface area (Å²) in [6, 6.07) is 5.08. The first kappa shape index (κ1) is 14.8. The van der Waals surface area contributed by atoms with Crippen molar-refractivity contribution in [3.05, 3.63) is 34.3 Å². The first-order chi connectivity index (χ1) is 9.20. The lowest BCUT2D eigenvalue weighted by atomic mass is 10.1. The van der Waals surface area contributed by atoms with E-state index in [-0.39, 0.29) is 6.54 Å². The number of nitrogens with zero attached hydrogens (tertiary/aromatic N) is 2. The maximum absolute atomic E-state index is 12.7. The van der Waals surface area contributed by atoms with Crippen molar-refractivity contribution in [1.82, 2.24) is 5.01 Å². The highest BCUT2D eigenvalue weighted by atomic mass is 35.5. The molecule has 0 saturated heterocycles.